The number of pyridine rings is 1. The van der Waals surface area contributed by atoms with Crippen molar-refractivity contribution in [3.05, 3.63) is 59.8 Å². The lowest BCUT2D eigenvalue weighted by Gasteiger charge is -2.18. The van der Waals surface area contributed by atoms with E-state index in [4.69, 9.17) is 0 Å². The Balaban J connectivity index is 1.77. The molecule has 2 rings (SSSR count). The first-order chi connectivity index (χ1) is 13.6. The summed E-state index contributed by atoms with van der Waals surface area (Å²) in [7, 11) is 0. The van der Waals surface area contributed by atoms with Crippen LogP contribution in [0.2, 0.25) is 0 Å². The van der Waals surface area contributed by atoms with Gasteiger partial charge in [-0.1, -0.05) is 36.4 Å². The molecular formula is C22H31N5O. The first-order valence-corrected chi connectivity index (χ1v) is 9.88. The van der Waals surface area contributed by atoms with Crippen LogP contribution >= 0.6 is 0 Å². The summed E-state index contributed by atoms with van der Waals surface area (Å²) in [5.74, 6) is 1.22. The monoisotopic (exact) mass is 381 g/mol. The number of anilines is 1. The Kier molecular flexibility index (Phi) is 8.98. The van der Waals surface area contributed by atoms with Crippen molar-refractivity contribution < 1.29 is 4.79 Å². The predicted octanol–water partition coefficient (Wildman–Crippen LogP) is 3.30. The number of aliphatic imine (C=N–C) groups is 1. The molecule has 150 valence electrons. The van der Waals surface area contributed by atoms with Gasteiger partial charge in [-0.2, -0.15) is 0 Å². The average Bonchev–Trinajstić information content (AvgIpc) is 2.69. The average molecular weight is 382 g/mol. The standard InChI is InChI=1S/C22H31N5O/c1-4-23-22(26-18(3)11-12-19-8-6-5-7-9-19)24-15-14-21(28)27-20-13-10-17(2)16-25-20/h5-10,13,16,18H,4,11-12,14-15H2,1-3H3,(H2,23,24,26)(H,25,27,28). The largest absolute Gasteiger partial charge is 0.357 e. The quantitative estimate of drug-likeness (QED) is 0.460. The molecule has 28 heavy (non-hydrogen) atoms. The molecule has 1 amide bonds. The van der Waals surface area contributed by atoms with Crippen molar-refractivity contribution in [3.63, 3.8) is 0 Å². The van der Waals surface area contributed by atoms with Crippen LogP contribution in [0.5, 0.6) is 0 Å². The summed E-state index contributed by atoms with van der Waals surface area (Å²) in [5, 5.41) is 9.44. The highest BCUT2D eigenvalue weighted by molar-refractivity contribution is 5.90. The van der Waals surface area contributed by atoms with Crippen LogP contribution in [0.4, 0.5) is 5.82 Å². The van der Waals surface area contributed by atoms with E-state index in [0.717, 1.165) is 30.9 Å². The van der Waals surface area contributed by atoms with Crippen molar-refractivity contribution >= 4 is 17.7 Å². The van der Waals surface area contributed by atoms with Crippen LogP contribution in [0.3, 0.4) is 0 Å². The minimum absolute atomic E-state index is 0.0897. The molecule has 0 radical (unpaired) electrons. The number of aryl methyl sites for hydroxylation is 2. The molecular weight excluding hydrogens is 350 g/mol. The van der Waals surface area contributed by atoms with Crippen LogP contribution in [0, 0.1) is 6.92 Å². The maximum Gasteiger partial charge on any atom is 0.227 e. The van der Waals surface area contributed by atoms with Gasteiger partial charge in [0.05, 0.1) is 6.54 Å². The summed E-state index contributed by atoms with van der Waals surface area (Å²) >= 11 is 0. The van der Waals surface area contributed by atoms with Crippen LogP contribution in [0.25, 0.3) is 0 Å². The fourth-order valence-electron chi connectivity index (χ4n) is 2.67. The summed E-state index contributed by atoms with van der Waals surface area (Å²) in [6.45, 7) is 7.33. The molecule has 3 N–H and O–H groups in total. The molecule has 6 nitrogen and oxygen atoms in total. The highest BCUT2D eigenvalue weighted by Gasteiger charge is 2.07. The number of hydrogen-bond acceptors (Lipinski definition) is 3. The van der Waals surface area contributed by atoms with Gasteiger partial charge < -0.3 is 16.0 Å². The van der Waals surface area contributed by atoms with Crippen molar-refractivity contribution in [1.29, 1.82) is 0 Å². The third kappa shape index (κ3) is 8.20. The highest BCUT2D eigenvalue weighted by atomic mass is 16.1. The SMILES string of the molecule is CCNC(=NCCC(=O)Nc1ccc(C)cn1)NC(C)CCc1ccccc1. The van der Waals surface area contributed by atoms with Crippen molar-refractivity contribution in [2.75, 3.05) is 18.4 Å². The van der Waals surface area contributed by atoms with Gasteiger partial charge in [-0.15, -0.1) is 0 Å². The summed E-state index contributed by atoms with van der Waals surface area (Å²) in [4.78, 5) is 20.8. The fourth-order valence-corrected chi connectivity index (χ4v) is 2.67. The second kappa shape index (κ2) is 11.7. The fraction of sp³-hybridized carbons (Fsp3) is 0.409. The van der Waals surface area contributed by atoms with E-state index >= 15 is 0 Å². The Labute approximate surface area is 167 Å². The lowest BCUT2D eigenvalue weighted by atomic mass is 10.1. The zero-order chi connectivity index (χ0) is 20.2. The molecule has 0 aliphatic carbocycles. The Hall–Kier alpha value is -2.89. The van der Waals surface area contributed by atoms with Crippen molar-refractivity contribution in [2.24, 2.45) is 4.99 Å². The van der Waals surface area contributed by atoms with E-state index < -0.39 is 0 Å². The molecule has 1 atom stereocenters. The molecule has 2 aromatic rings. The smallest absolute Gasteiger partial charge is 0.227 e. The molecule has 0 aliphatic heterocycles. The second-order valence-electron chi connectivity index (χ2n) is 6.85. The molecule has 1 aromatic carbocycles. The maximum absolute atomic E-state index is 12.1. The molecule has 0 spiro atoms. The molecule has 0 fully saturated rings. The maximum atomic E-state index is 12.1. The van der Waals surface area contributed by atoms with E-state index in [0.29, 0.717) is 18.8 Å². The highest BCUT2D eigenvalue weighted by Crippen LogP contribution is 2.05. The molecule has 6 heteroatoms. The van der Waals surface area contributed by atoms with Crippen molar-refractivity contribution in [1.82, 2.24) is 15.6 Å². The van der Waals surface area contributed by atoms with Gasteiger partial charge in [0, 0.05) is 25.2 Å². The van der Waals surface area contributed by atoms with E-state index in [1.807, 2.05) is 26.0 Å². The number of benzene rings is 1. The third-order valence-electron chi connectivity index (χ3n) is 4.22. The molecule has 0 saturated heterocycles. The molecule has 1 aromatic heterocycles. The first kappa shape index (κ1) is 21.4. The van der Waals surface area contributed by atoms with E-state index in [1.54, 1.807) is 12.3 Å². The number of carbonyl (C=O) groups is 1. The number of nitrogens with zero attached hydrogens (tertiary/aromatic N) is 2. The Bertz CT molecular complexity index is 743. The lowest BCUT2D eigenvalue weighted by Crippen LogP contribution is -2.42. The summed E-state index contributed by atoms with van der Waals surface area (Å²) in [6, 6.07) is 14.5. The Morgan fingerprint density at radius 2 is 1.96 bits per heavy atom. The number of carbonyl (C=O) groups excluding carboxylic acids is 1. The predicted molar refractivity (Wildman–Crippen MR) is 116 cm³/mol. The number of aromatic nitrogens is 1. The van der Waals surface area contributed by atoms with E-state index in [-0.39, 0.29) is 11.9 Å². The van der Waals surface area contributed by atoms with Crippen LogP contribution in [-0.2, 0) is 11.2 Å². The number of hydrogen-bond donors (Lipinski definition) is 3. The zero-order valence-corrected chi connectivity index (χ0v) is 17.0. The van der Waals surface area contributed by atoms with Crippen molar-refractivity contribution in [2.45, 2.75) is 46.1 Å². The minimum Gasteiger partial charge on any atom is -0.357 e. The van der Waals surface area contributed by atoms with Gasteiger partial charge in [0.1, 0.15) is 5.82 Å². The molecule has 1 heterocycles. The normalized spacial score (nSPS) is 12.3. The third-order valence-corrected chi connectivity index (χ3v) is 4.22. The van der Waals surface area contributed by atoms with E-state index in [9.17, 15) is 4.79 Å². The molecule has 1 unspecified atom stereocenters. The van der Waals surface area contributed by atoms with Gasteiger partial charge in [-0.05, 0) is 50.8 Å². The van der Waals surface area contributed by atoms with E-state index in [1.165, 1.54) is 5.56 Å². The lowest BCUT2D eigenvalue weighted by molar-refractivity contribution is -0.116. The zero-order valence-electron chi connectivity index (χ0n) is 17.0. The Morgan fingerprint density at radius 1 is 1.18 bits per heavy atom. The minimum atomic E-state index is -0.0897. The van der Waals surface area contributed by atoms with Gasteiger partial charge in [0.25, 0.3) is 0 Å². The topological polar surface area (TPSA) is 78.4 Å². The summed E-state index contributed by atoms with van der Waals surface area (Å²) in [6.07, 6.45) is 4.07. The summed E-state index contributed by atoms with van der Waals surface area (Å²) < 4.78 is 0. The number of nitrogens with one attached hydrogen (secondary N) is 3. The van der Waals surface area contributed by atoms with Crippen molar-refractivity contribution in [3.8, 4) is 0 Å². The van der Waals surface area contributed by atoms with Gasteiger partial charge >= 0.3 is 0 Å². The van der Waals surface area contributed by atoms with Crippen LogP contribution in [0.15, 0.2) is 53.7 Å². The molecule has 0 aliphatic rings. The Morgan fingerprint density at radius 3 is 2.64 bits per heavy atom. The van der Waals surface area contributed by atoms with E-state index in [2.05, 4.69) is 57.1 Å². The van der Waals surface area contributed by atoms with Gasteiger partial charge in [-0.25, -0.2) is 4.98 Å². The number of guanidine groups is 1. The number of amides is 1. The molecule has 0 bridgehead atoms. The van der Waals surface area contributed by atoms with Crippen LogP contribution in [0.1, 0.15) is 37.8 Å². The number of rotatable bonds is 9. The van der Waals surface area contributed by atoms with Crippen LogP contribution in [-0.4, -0.2) is 36.0 Å². The van der Waals surface area contributed by atoms with Crippen LogP contribution < -0.4 is 16.0 Å². The summed E-state index contributed by atoms with van der Waals surface area (Å²) in [5.41, 5.74) is 2.39. The second-order valence-corrected chi connectivity index (χ2v) is 6.85. The van der Waals surface area contributed by atoms with Gasteiger partial charge in [0.15, 0.2) is 5.96 Å². The molecule has 0 saturated carbocycles. The van der Waals surface area contributed by atoms with Gasteiger partial charge in [-0.3, -0.25) is 9.79 Å². The van der Waals surface area contributed by atoms with Gasteiger partial charge in [0.2, 0.25) is 5.91 Å². The first-order valence-electron chi connectivity index (χ1n) is 9.88.